The molecule has 2 rings (SSSR count). The Labute approximate surface area is 108 Å². The first kappa shape index (κ1) is 12.6. The van der Waals surface area contributed by atoms with Crippen LogP contribution in [0.2, 0.25) is 0 Å². The van der Waals surface area contributed by atoms with Gasteiger partial charge in [0.1, 0.15) is 0 Å². The van der Waals surface area contributed by atoms with Crippen LogP contribution in [-0.4, -0.2) is 16.9 Å². The number of benzene rings is 1. The van der Waals surface area contributed by atoms with Gasteiger partial charge in [-0.05, 0) is 31.7 Å². The van der Waals surface area contributed by atoms with Crippen LogP contribution in [0.5, 0.6) is 0 Å². The number of aryl methyl sites for hydroxylation is 1. The summed E-state index contributed by atoms with van der Waals surface area (Å²) in [7, 11) is 2.09. The van der Waals surface area contributed by atoms with Crippen LogP contribution < -0.4 is 5.73 Å². The topological polar surface area (TPSA) is 42.1 Å². The summed E-state index contributed by atoms with van der Waals surface area (Å²) in [6.07, 6.45) is 1.75. The highest BCUT2D eigenvalue weighted by Crippen LogP contribution is 2.09. The quantitative estimate of drug-likeness (QED) is 0.894. The van der Waals surface area contributed by atoms with Crippen LogP contribution in [0.15, 0.2) is 42.6 Å². The van der Waals surface area contributed by atoms with Crippen molar-refractivity contribution in [3.05, 3.63) is 59.4 Å². The lowest BCUT2D eigenvalue weighted by molar-refractivity contribution is 0.315. The molecule has 0 bridgehead atoms. The molecule has 1 aromatic heterocycles. The van der Waals surface area contributed by atoms with E-state index in [1.54, 1.807) is 6.20 Å². The first-order chi connectivity index (χ1) is 8.63. The minimum Gasteiger partial charge on any atom is -0.399 e. The zero-order chi connectivity index (χ0) is 13.0. The Balaban J connectivity index is 1.96. The van der Waals surface area contributed by atoms with E-state index in [0.717, 1.165) is 24.5 Å². The van der Waals surface area contributed by atoms with Gasteiger partial charge in [-0.1, -0.05) is 29.8 Å². The summed E-state index contributed by atoms with van der Waals surface area (Å²) in [5.41, 5.74) is 10.1. The number of aromatic nitrogens is 1. The third-order valence-corrected chi connectivity index (χ3v) is 2.85. The zero-order valence-electron chi connectivity index (χ0n) is 10.9. The van der Waals surface area contributed by atoms with Crippen molar-refractivity contribution < 1.29 is 0 Å². The van der Waals surface area contributed by atoms with E-state index in [-0.39, 0.29) is 0 Å². The van der Waals surface area contributed by atoms with Gasteiger partial charge in [0.25, 0.3) is 0 Å². The molecule has 1 aromatic carbocycles. The minimum absolute atomic E-state index is 0.767. The van der Waals surface area contributed by atoms with Crippen LogP contribution in [0.25, 0.3) is 0 Å². The second-order valence-electron chi connectivity index (χ2n) is 4.74. The Morgan fingerprint density at radius 2 is 1.83 bits per heavy atom. The Kier molecular flexibility index (Phi) is 3.95. The SMILES string of the molecule is Cc1ccc(CN(C)Cc2cc(N)ccn2)cc1. The number of nitrogens with two attached hydrogens (primary N) is 1. The highest BCUT2D eigenvalue weighted by molar-refractivity contribution is 5.37. The lowest BCUT2D eigenvalue weighted by Crippen LogP contribution is -2.18. The second kappa shape index (κ2) is 5.65. The molecule has 0 saturated heterocycles. The molecule has 0 unspecified atom stereocenters. The van der Waals surface area contributed by atoms with E-state index in [0.29, 0.717) is 0 Å². The molecule has 0 radical (unpaired) electrons. The molecule has 0 atom stereocenters. The molecule has 0 aliphatic heterocycles. The molecule has 0 fully saturated rings. The molecule has 2 N–H and O–H groups in total. The Bertz CT molecular complexity index is 505. The van der Waals surface area contributed by atoms with Gasteiger partial charge in [0.05, 0.1) is 5.69 Å². The van der Waals surface area contributed by atoms with Crippen molar-refractivity contribution in [1.82, 2.24) is 9.88 Å². The van der Waals surface area contributed by atoms with Gasteiger partial charge in [0.2, 0.25) is 0 Å². The molecule has 0 amide bonds. The predicted octanol–water partition coefficient (Wildman–Crippen LogP) is 2.60. The second-order valence-corrected chi connectivity index (χ2v) is 4.74. The number of nitrogen functional groups attached to an aromatic ring is 1. The number of nitrogens with zero attached hydrogens (tertiary/aromatic N) is 2. The van der Waals surface area contributed by atoms with Crippen molar-refractivity contribution in [3.63, 3.8) is 0 Å². The molecule has 3 heteroatoms. The molecule has 0 spiro atoms. The number of pyridine rings is 1. The Morgan fingerprint density at radius 3 is 2.50 bits per heavy atom. The van der Waals surface area contributed by atoms with Gasteiger partial charge in [0, 0.05) is 25.0 Å². The highest BCUT2D eigenvalue weighted by atomic mass is 15.1. The summed E-state index contributed by atoms with van der Waals surface area (Å²) < 4.78 is 0. The van der Waals surface area contributed by atoms with E-state index < -0.39 is 0 Å². The van der Waals surface area contributed by atoms with Gasteiger partial charge in [-0.25, -0.2) is 0 Å². The van der Waals surface area contributed by atoms with E-state index in [1.165, 1.54) is 11.1 Å². The van der Waals surface area contributed by atoms with Crippen molar-refractivity contribution in [2.45, 2.75) is 20.0 Å². The zero-order valence-corrected chi connectivity index (χ0v) is 10.9. The number of hydrogen-bond acceptors (Lipinski definition) is 3. The van der Waals surface area contributed by atoms with Crippen LogP contribution in [-0.2, 0) is 13.1 Å². The normalized spacial score (nSPS) is 10.8. The van der Waals surface area contributed by atoms with Crippen molar-refractivity contribution >= 4 is 5.69 Å². The molecular weight excluding hydrogens is 222 g/mol. The number of anilines is 1. The fourth-order valence-corrected chi connectivity index (χ4v) is 1.92. The van der Waals surface area contributed by atoms with E-state index >= 15 is 0 Å². The third-order valence-electron chi connectivity index (χ3n) is 2.85. The van der Waals surface area contributed by atoms with Gasteiger partial charge in [-0.3, -0.25) is 9.88 Å². The standard InChI is InChI=1S/C15H19N3/c1-12-3-5-13(6-4-12)10-18(2)11-15-9-14(16)7-8-17-15/h3-9H,10-11H2,1-2H3,(H2,16,17). The van der Waals surface area contributed by atoms with Crippen LogP contribution in [0, 0.1) is 6.92 Å². The summed E-state index contributed by atoms with van der Waals surface area (Å²) in [4.78, 5) is 6.54. The lowest BCUT2D eigenvalue weighted by atomic mass is 10.1. The first-order valence-corrected chi connectivity index (χ1v) is 6.08. The fourth-order valence-electron chi connectivity index (χ4n) is 1.92. The fraction of sp³-hybridized carbons (Fsp3) is 0.267. The molecule has 0 saturated carbocycles. The maximum absolute atomic E-state index is 5.75. The summed E-state index contributed by atoms with van der Waals surface area (Å²) in [5, 5.41) is 0. The molecule has 2 aromatic rings. The molecule has 94 valence electrons. The van der Waals surface area contributed by atoms with Crippen LogP contribution in [0.4, 0.5) is 5.69 Å². The third kappa shape index (κ3) is 3.57. The first-order valence-electron chi connectivity index (χ1n) is 6.08. The summed E-state index contributed by atoms with van der Waals surface area (Å²) in [5.74, 6) is 0. The van der Waals surface area contributed by atoms with Crippen LogP contribution >= 0.6 is 0 Å². The Hall–Kier alpha value is -1.87. The molecule has 18 heavy (non-hydrogen) atoms. The summed E-state index contributed by atoms with van der Waals surface area (Å²) in [6.45, 7) is 3.82. The maximum atomic E-state index is 5.75. The van der Waals surface area contributed by atoms with Crippen molar-refractivity contribution in [1.29, 1.82) is 0 Å². The van der Waals surface area contributed by atoms with E-state index in [1.807, 2.05) is 12.1 Å². The average Bonchev–Trinajstić information content (AvgIpc) is 2.32. The van der Waals surface area contributed by atoms with Crippen molar-refractivity contribution in [2.75, 3.05) is 12.8 Å². The van der Waals surface area contributed by atoms with Crippen molar-refractivity contribution in [3.8, 4) is 0 Å². The van der Waals surface area contributed by atoms with Crippen LogP contribution in [0.3, 0.4) is 0 Å². The predicted molar refractivity (Wildman–Crippen MR) is 75.0 cm³/mol. The van der Waals surface area contributed by atoms with Crippen molar-refractivity contribution in [2.24, 2.45) is 0 Å². The van der Waals surface area contributed by atoms with E-state index in [2.05, 4.69) is 48.1 Å². The molecule has 0 aliphatic rings. The number of hydrogen-bond donors (Lipinski definition) is 1. The average molecular weight is 241 g/mol. The molecular formula is C15H19N3. The van der Waals surface area contributed by atoms with Gasteiger partial charge in [-0.2, -0.15) is 0 Å². The van der Waals surface area contributed by atoms with Gasteiger partial charge in [0.15, 0.2) is 0 Å². The monoisotopic (exact) mass is 241 g/mol. The molecule has 3 nitrogen and oxygen atoms in total. The van der Waals surface area contributed by atoms with E-state index in [4.69, 9.17) is 5.73 Å². The highest BCUT2D eigenvalue weighted by Gasteiger charge is 2.03. The summed E-state index contributed by atoms with van der Waals surface area (Å²) >= 11 is 0. The number of rotatable bonds is 4. The van der Waals surface area contributed by atoms with Gasteiger partial charge in [-0.15, -0.1) is 0 Å². The minimum atomic E-state index is 0.767. The van der Waals surface area contributed by atoms with Gasteiger partial charge < -0.3 is 5.73 Å². The largest absolute Gasteiger partial charge is 0.399 e. The maximum Gasteiger partial charge on any atom is 0.0564 e. The Morgan fingerprint density at radius 1 is 1.11 bits per heavy atom. The van der Waals surface area contributed by atoms with E-state index in [9.17, 15) is 0 Å². The molecule has 0 aliphatic carbocycles. The molecule has 1 heterocycles. The van der Waals surface area contributed by atoms with Crippen LogP contribution in [0.1, 0.15) is 16.8 Å². The van der Waals surface area contributed by atoms with Gasteiger partial charge >= 0.3 is 0 Å². The smallest absolute Gasteiger partial charge is 0.0564 e. The lowest BCUT2D eigenvalue weighted by Gasteiger charge is -2.16. The summed E-state index contributed by atoms with van der Waals surface area (Å²) in [6, 6.07) is 12.3.